The van der Waals surface area contributed by atoms with Crippen LogP contribution in [0, 0.1) is 5.92 Å². The van der Waals surface area contributed by atoms with Gasteiger partial charge in [-0.15, -0.1) is 0 Å². The van der Waals surface area contributed by atoms with Crippen LogP contribution in [0.25, 0.3) is 0 Å². The van der Waals surface area contributed by atoms with E-state index in [1.807, 2.05) is 0 Å². The Morgan fingerprint density at radius 3 is 2.38 bits per heavy atom. The normalized spacial score (nSPS) is 12.8. The van der Waals surface area contributed by atoms with Gasteiger partial charge in [0.2, 0.25) is 0 Å². The smallest absolute Gasteiger partial charge is 0.00514 e. The van der Waals surface area contributed by atoms with Crippen molar-refractivity contribution < 1.29 is 0 Å². The van der Waals surface area contributed by atoms with E-state index < -0.39 is 0 Å². The first-order chi connectivity index (χ1) is 7.72. The molecule has 0 aromatic heterocycles. The van der Waals surface area contributed by atoms with E-state index in [2.05, 4.69) is 39.0 Å². The van der Waals surface area contributed by atoms with Crippen molar-refractivity contribution >= 4 is 0 Å². The van der Waals surface area contributed by atoms with Gasteiger partial charge in [0.15, 0.2) is 0 Å². The molecule has 1 heteroatoms. The van der Waals surface area contributed by atoms with Crippen molar-refractivity contribution in [1.82, 2.24) is 0 Å². The summed E-state index contributed by atoms with van der Waals surface area (Å²) < 4.78 is 0. The minimum Gasteiger partial charge on any atom is -0.330 e. The third kappa shape index (κ3) is 3.34. The largest absolute Gasteiger partial charge is 0.330 e. The second-order valence-corrected chi connectivity index (χ2v) is 4.64. The van der Waals surface area contributed by atoms with Gasteiger partial charge in [0.25, 0.3) is 0 Å². The van der Waals surface area contributed by atoms with Crippen molar-refractivity contribution in [3.8, 4) is 0 Å². The Morgan fingerprint density at radius 2 is 1.81 bits per heavy atom. The maximum Gasteiger partial charge on any atom is -0.00514 e. The van der Waals surface area contributed by atoms with Gasteiger partial charge in [0.1, 0.15) is 0 Å². The Kier molecular flexibility index (Phi) is 5.54. The number of hydrogen-bond donors (Lipinski definition) is 1. The van der Waals surface area contributed by atoms with Crippen LogP contribution < -0.4 is 5.73 Å². The molecule has 90 valence electrons. The van der Waals surface area contributed by atoms with E-state index in [0.717, 1.165) is 19.4 Å². The summed E-state index contributed by atoms with van der Waals surface area (Å²) in [6, 6.07) is 6.73. The molecule has 1 rings (SSSR count). The molecule has 0 fully saturated rings. The molecule has 0 amide bonds. The van der Waals surface area contributed by atoms with Crippen molar-refractivity contribution in [3.63, 3.8) is 0 Å². The third-order valence-corrected chi connectivity index (χ3v) is 3.41. The highest BCUT2D eigenvalue weighted by Crippen LogP contribution is 2.19. The summed E-state index contributed by atoms with van der Waals surface area (Å²) in [5.41, 5.74) is 10.3. The van der Waals surface area contributed by atoms with E-state index in [0.29, 0.717) is 5.92 Å². The summed E-state index contributed by atoms with van der Waals surface area (Å²) in [6.07, 6.45) is 4.67. The quantitative estimate of drug-likeness (QED) is 0.780. The van der Waals surface area contributed by atoms with E-state index in [9.17, 15) is 0 Å². The Bertz CT molecular complexity index is 317. The highest BCUT2D eigenvalue weighted by molar-refractivity contribution is 5.35. The number of hydrogen-bond acceptors (Lipinski definition) is 1. The van der Waals surface area contributed by atoms with Gasteiger partial charge in [-0.3, -0.25) is 0 Å². The average Bonchev–Trinajstić information content (AvgIpc) is 2.34. The van der Waals surface area contributed by atoms with Crippen LogP contribution in [-0.4, -0.2) is 6.54 Å². The SMILES string of the molecule is CCc1cccc(CCC(C)CN)c1CC. The van der Waals surface area contributed by atoms with Gasteiger partial charge in [-0.2, -0.15) is 0 Å². The van der Waals surface area contributed by atoms with E-state index in [1.165, 1.54) is 24.0 Å². The zero-order chi connectivity index (χ0) is 12.0. The average molecular weight is 219 g/mol. The molecule has 0 saturated heterocycles. The first-order valence-corrected chi connectivity index (χ1v) is 6.52. The van der Waals surface area contributed by atoms with Gasteiger partial charge in [0, 0.05) is 0 Å². The number of aryl methyl sites for hydroxylation is 2. The van der Waals surface area contributed by atoms with Crippen molar-refractivity contribution in [2.45, 2.75) is 46.5 Å². The third-order valence-electron chi connectivity index (χ3n) is 3.41. The predicted octanol–water partition coefficient (Wildman–Crippen LogP) is 3.34. The molecule has 0 radical (unpaired) electrons. The van der Waals surface area contributed by atoms with Crippen LogP contribution in [0.3, 0.4) is 0 Å². The van der Waals surface area contributed by atoms with Crippen LogP contribution in [-0.2, 0) is 19.3 Å². The van der Waals surface area contributed by atoms with Crippen LogP contribution in [0.4, 0.5) is 0 Å². The minimum absolute atomic E-state index is 0.634. The first kappa shape index (κ1) is 13.2. The van der Waals surface area contributed by atoms with Crippen LogP contribution in [0.2, 0.25) is 0 Å². The molecule has 0 aliphatic rings. The maximum atomic E-state index is 5.66. The van der Waals surface area contributed by atoms with E-state index >= 15 is 0 Å². The molecule has 0 spiro atoms. The van der Waals surface area contributed by atoms with Crippen LogP contribution in [0.15, 0.2) is 18.2 Å². The second-order valence-electron chi connectivity index (χ2n) is 4.64. The van der Waals surface area contributed by atoms with Gasteiger partial charge < -0.3 is 5.73 Å². The fraction of sp³-hybridized carbons (Fsp3) is 0.600. The summed E-state index contributed by atoms with van der Waals surface area (Å²) in [5.74, 6) is 0.634. The summed E-state index contributed by atoms with van der Waals surface area (Å²) >= 11 is 0. The molecular weight excluding hydrogens is 194 g/mol. The molecule has 1 unspecified atom stereocenters. The van der Waals surface area contributed by atoms with Crippen LogP contribution in [0.5, 0.6) is 0 Å². The van der Waals surface area contributed by atoms with Gasteiger partial charge in [-0.25, -0.2) is 0 Å². The highest BCUT2D eigenvalue weighted by Gasteiger charge is 2.07. The van der Waals surface area contributed by atoms with Crippen molar-refractivity contribution in [2.24, 2.45) is 11.7 Å². The van der Waals surface area contributed by atoms with Crippen LogP contribution in [0.1, 0.15) is 43.9 Å². The summed E-state index contributed by atoms with van der Waals surface area (Å²) in [7, 11) is 0. The lowest BCUT2D eigenvalue weighted by atomic mass is 9.92. The predicted molar refractivity (Wildman–Crippen MR) is 71.7 cm³/mol. The molecule has 0 heterocycles. The van der Waals surface area contributed by atoms with Crippen molar-refractivity contribution in [3.05, 3.63) is 34.9 Å². The first-order valence-electron chi connectivity index (χ1n) is 6.52. The molecule has 0 bridgehead atoms. The lowest BCUT2D eigenvalue weighted by molar-refractivity contribution is 0.543. The summed E-state index contributed by atoms with van der Waals surface area (Å²) in [5, 5.41) is 0. The Morgan fingerprint density at radius 1 is 1.12 bits per heavy atom. The molecular formula is C15H25N. The zero-order valence-electron chi connectivity index (χ0n) is 10.9. The van der Waals surface area contributed by atoms with E-state index in [-0.39, 0.29) is 0 Å². The molecule has 1 nitrogen and oxygen atoms in total. The molecule has 0 aliphatic heterocycles. The molecule has 1 aromatic rings. The number of nitrogens with two attached hydrogens (primary N) is 1. The number of rotatable bonds is 6. The molecule has 0 saturated carbocycles. The van der Waals surface area contributed by atoms with Gasteiger partial charge >= 0.3 is 0 Å². The Balaban J connectivity index is 2.78. The molecule has 1 aromatic carbocycles. The fourth-order valence-electron chi connectivity index (χ4n) is 2.23. The maximum absolute atomic E-state index is 5.66. The zero-order valence-corrected chi connectivity index (χ0v) is 10.9. The summed E-state index contributed by atoms with van der Waals surface area (Å²) in [6.45, 7) is 7.52. The Labute approximate surface area is 100 Å². The molecule has 2 N–H and O–H groups in total. The summed E-state index contributed by atoms with van der Waals surface area (Å²) in [4.78, 5) is 0. The monoisotopic (exact) mass is 219 g/mol. The minimum atomic E-state index is 0.634. The highest BCUT2D eigenvalue weighted by atomic mass is 14.5. The molecule has 1 atom stereocenters. The molecule has 0 aliphatic carbocycles. The lowest BCUT2D eigenvalue weighted by Gasteiger charge is -2.14. The lowest BCUT2D eigenvalue weighted by Crippen LogP contribution is -2.12. The van der Waals surface area contributed by atoms with Gasteiger partial charge in [-0.1, -0.05) is 39.0 Å². The number of benzene rings is 1. The van der Waals surface area contributed by atoms with Crippen molar-refractivity contribution in [2.75, 3.05) is 6.54 Å². The standard InChI is InChI=1S/C15H25N/c1-4-13-7-6-8-14(15(13)5-2)10-9-12(3)11-16/h6-8,12H,4-5,9-11,16H2,1-3H3. The van der Waals surface area contributed by atoms with Gasteiger partial charge in [0.05, 0.1) is 0 Å². The van der Waals surface area contributed by atoms with Crippen molar-refractivity contribution in [1.29, 1.82) is 0 Å². The second kappa shape index (κ2) is 6.70. The van der Waals surface area contributed by atoms with E-state index in [1.54, 1.807) is 5.56 Å². The van der Waals surface area contributed by atoms with Crippen LogP contribution >= 0.6 is 0 Å². The van der Waals surface area contributed by atoms with Gasteiger partial charge in [-0.05, 0) is 54.8 Å². The fourth-order valence-corrected chi connectivity index (χ4v) is 2.23. The topological polar surface area (TPSA) is 26.0 Å². The van der Waals surface area contributed by atoms with E-state index in [4.69, 9.17) is 5.73 Å². The molecule has 16 heavy (non-hydrogen) atoms. The Hall–Kier alpha value is -0.820.